The van der Waals surface area contributed by atoms with Crippen LogP contribution in [-0.4, -0.2) is 69.4 Å². The summed E-state index contributed by atoms with van der Waals surface area (Å²) in [6, 6.07) is 19.1. The summed E-state index contributed by atoms with van der Waals surface area (Å²) in [5.74, 6) is -0.154. The number of unbranched alkanes of at least 4 members (excludes halogenated alkanes) is 4. The fourth-order valence-electron chi connectivity index (χ4n) is 6.10. The lowest BCUT2D eigenvalue weighted by Gasteiger charge is -2.24. The van der Waals surface area contributed by atoms with Crippen LogP contribution in [0.15, 0.2) is 73.1 Å². The highest BCUT2D eigenvalue weighted by Crippen LogP contribution is 2.29. The van der Waals surface area contributed by atoms with Gasteiger partial charge in [0.15, 0.2) is 5.82 Å². The maximum absolute atomic E-state index is 12.9. The zero-order chi connectivity index (χ0) is 39.8. The van der Waals surface area contributed by atoms with Crippen molar-refractivity contribution in [3.63, 3.8) is 0 Å². The molecule has 1 atom stereocenters. The molecule has 5 rings (SSSR count). The van der Waals surface area contributed by atoms with Crippen molar-refractivity contribution in [3.05, 3.63) is 88.4 Å². The first-order chi connectivity index (χ1) is 26.3. The van der Waals surface area contributed by atoms with Gasteiger partial charge in [-0.2, -0.15) is 0 Å². The van der Waals surface area contributed by atoms with Gasteiger partial charge < -0.3 is 25.8 Å². The zero-order valence-corrected chi connectivity index (χ0v) is 33.3. The van der Waals surface area contributed by atoms with Crippen molar-refractivity contribution in [2.45, 2.75) is 103 Å². The number of amides is 3. The lowest BCUT2D eigenvalue weighted by Crippen LogP contribution is -2.46. The number of rotatable bonds is 17. The van der Waals surface area contributed by atoms with Crippen molar-refractivity contribution in [1.29, 1.82) is 0 Å². The van der Waals surface area contributed by atoms with Crippen LogP contribution in [0.25, 0.3) is 22.5 Å². The summed E-state index contributed by atoms with van der Waals surface area (Å²) in [5, 5.41) is 11.4. The summed E-state index contributed by atoms with van der Waals surface area (Å²) in [5.41, 5.74) is 9.11. The standard InChI is InChI=1S/C34H42N4O5.C9H13NOS/c1-2-3-4-5-6-22-43-29-16-14-26(15-17-29)28-23-36-33(37-24-28)27-12-9-25(10-13-27)11-18-31(39)38-21-7-8-30(38)34(42)35-20-19-32(40)41;1-9(2,3)7-5-4-6(12-7)8(10)11/h9-10,12-17,23-24,30H,2-8,11,18-22H2,1H3,(H,35,42)(H,40,41);4-5H,1-3H3,(H2,10,11). The second kappa shape index (κ2) is 21.1. The molecule has 1 aliphatic heterocycles. The molecule has 1 fully saturated rings. The predicted molar refractivity (Wildman–Crippen MR) is 217 cm³/mol. The van der Waals surface area contributed by atoms with Crippen LogP contribution in [0.5, 0.6) is 5.75 Å². The number of hydrogen-bond donors (Lipinski definition) is 3. The van der Waals surface area contributed by atoms with E-state index in [0.29, 0.717) is 36.5 Å². The number of aryl methyl sites for hydroxylation is 1. The lowest BCUT2D eigenvalue weighted by molar-refractivity contribution is -0.139. The number of carbonyl (C=O) groups excluding carboxylic acids is 3. The zero-order valence-electron chi connectivity index (χ0n) is 32.5. The number of primary amides is 1. The van der Waals surface area contributed by atoms with Crippen molar-refractivity contribution in [1.82, 2.24) is 20.2 Å². The molecule has 3 heterocycles. The van der Waals surface area contributed by atoms with Gasteiger partial charge >= 0.3 is 5.97 Å². The van der Waals surface area contributed by atoms with E-state index in [2.05, 4.69) is 43.0 Å². The first-order valence-electron chi connectivity index (χ1n) is 19.2. The highest BCUT2D eigenvalue weighted by Gasteiger charge is 2.33. The fourth-order valence-corrected chi connectivity index (χ4v) is 7.02. The quantitative estimate of drug-likeness (QED) is 0.0915. The van der Waals surface area contributed by atoms with Gasteiger partial charge in [-0.1, -0.05) is 89.8 Å². The van der Waals surface area contributed by atoms with Gasteiger partial charge in [-0.25, -0.2) is 9.97 Å². The molecule has 1 unspecified atom stereocenters. The van der Waals surface area contributed by atoms with E-state index in [-0.39, 0.29) is 36.1 Å². The summed E-state index contributed by atoms with van der Waals surface area (Å²) < 4.78 is 5.87. The van der Waals surface area contributed by atoms with Crippen molar-refractivity contribution in [2.24, 2.45) is 5.73 Å². The van der Waals surface area contributed by atoms with E-state index in [0.717, 1.165) is 47.5 Å². The minimum absolute atomic E-state index is 0.0629. The molecular formula is C43H55N5O6S. The Labute approximate surface area is 328 Å². The van der Waals surface area contributed by atoms with Crippen LogP contribution in [-0.2, 0) is 26.2 Å². The van der Waals surface area contributed by atoms with Crippen molar-refractivity contribution >= 4 is 35.0 Å². The third-order valence-electron chi connectivity index (χ3n) is 9.30. The molecule has 4 aromatic rings. The van der Waals surface area contributed by atoms with Gasteiger partial charge in [0.1, 0.15) is 11.8 Å². The SMILES string of the molecule is CC(C)(C)c1ccc(C(N)=O)s1.CCCCCCCOc1ccc(-c2cnc(-c3ccc(CCC(=O)N4CCCC4C(=O)NCCC(=O)O)cc3)nc2)cc1. The number of nitrogens with zero attached hydrogens (tertiary/aromatic N) is 3. The molecule has 2 aromatic carbocycles. The average Bonchev–Trinajstić information content (AvgIpc) is 3.88. The third-order valence-corrected chi connectivity index (χ3v) is 10.8. The number of nitrogens with one attached hydrogen (secondary N) is 1. The van der Waals surface area contributed by atoms with Gasteiger partial charge in [0.25, 0.3) is 5.91 Å². The van der Waals surface area contributed by atoms with E-state index in [1.807, 2.05) is 67.0 Å². The van der Waals surface area contributed by atoms with Crippen LogP contribution in [0, 0.1) is 0 Å². The van der Waals surface area contributed by atoms with Crippen LogP contribution in [0.1, 0.15) is 106 Å². The molecule has 0 spiro atoms. The fraction of sp³-hybridized carbons (Fsp3) is 0.442. The summed E-state index contributed by atoms with van der Waals surface area (Å²) in [7, 11) is 0. The van der Waals surface area contributed by atoms with Crippen LogP contribution >= 0.6 is 11.3 Å². The number of nitrogens with two attached hydrogens (primary N) is 1. The number of benzene rings is 2. The lowest BCUT2D eigenvalue weighted by atomic mass is 9.95. The molecule has 12 heteroatoms. The van der Waals surface area contributed by atoms with Gasteiger partial charge in [-0.3, -0.25) is 19.2 Å². The molecule has 1 saturated heterocycles. The van der Waals surface area contributed by atoms with Gasteiger partial charge in [0, 0.05) is 47.9 Å². The second-order valence-electron chi connectivity index (χ2n) is 14.7. The van der Waals surface area contributed by atoms with Crippen molar-refractivity contribution in [2.75, 3.05) is 19.7 Å². The van der Waals surface area contributed by atoms with Crippen molar-refractivity contribution in [3.8, 4) is 28.3 Å². The maximum Gasteiger partial charge on any atom is 0.305 e. The molecule has 2 aromatic heterocycles. The van der Waals surface area contributed by atoms with Gasteiger partial charge in [-0.05, 0) is 66.5 Å². The Hall–Kier alpha value is -5.10. The Balaban J connectivity index is 0.000000477. The summed E-state index contributed by atoms with van der Waals surface area (Å²) in [6.45, 7) is 9.91. The summed E-state index contributed by atoms with van der Waals surface area (Å²) in [4.78, 5) is 59.4. The first kappa shape index (κ1) is 42.6. The molecule has 294 valence electrons. The molecule has 0 radical (unpaired) electrons. The van der Waals surface area contributed by atoms with E-state index in [4.69, 9.17) is 15.6 Å². The number of aliphatic carboxylic acids is 1. The largest absolute Gasteiger partial charge is 0.494 e. The molecule has 0 bridgehead atoms. The van der Waals surface area contributed by atoms with Crippen LogP contribution in [0.4, 0.5) is 0 Å². The summed E-state index contributed by atoms with van der Waals surface area (Å²) >= 11 is 1.47. The van der Waals surface area contributed by atoms with E-state index >= 15 is 0 Å². The number of aromatic nitrogens is 2. The Morgan fingerprint density at radius 3 is 2.16 bits per heavy atom. The Morgan fingerprint density at radius 2 is 1.56 bits per heavy atom. The molecule has 1 aliphatic rings. The van der Waals surface area contributed by atoms with Crippen LogP contribution in [0.3, 0.4) is 0 Å². The number of thiophene rings is 1. The number of carboxylic acids is 1. The molecule has 55 heavy (non-hydrogen) atoms. The minimum Gasteiger partial charge on any atom is -0.494 e. The average molecular weight is 770 g/mol. The van der Waals surface area contributed by atoms with Gasteiger partial charge in [-0.15, -0.1) is 11.3 Å². The highest BCUT2D eigenvalue weighted by molar-refractivity contribution is 7.14. The Kier molecular flexibility index (Phi) is 16.4. The van der Waals surface area contributed by atoms with E-state index < -0.39 is 12.0 Å². The number of carboxylic acid groups (broad SMARTS) is 1. The normalized spacial score (nSPS) is 13.8. The molecule has 11 nitrogen and oxygen atoms in total. The van der Waals surface area contributed by atoms with Crippen LogP contribution < -0.4 is 15.8 Å². The number of likely N-dealkylation sites (tertiary alicyclic amines) is 1. The van der Waals surface area contributed by atoms with E-state index in [1.54, 1.807) is 11.0 Å². The monoisotopic (exact) mass is 769 g/mol. The predicted octanol–water partition coefficient (Wildman–Crippen LogP) is 7.82. The second-order valence-corrected chi connectivity index (χ2v) is 15.8. The minimum atomic E-state index is -0.968. The molecule has 4 N–H and O–H groups in total. The smallest absolute Gasteiger partial charge is 0.305 e. The van der Waals surface area contributed by atoms with Crippen LogP contribution in [0.2, 0.25) is 0 Å². The molecular weight excluding hydrogens is 715 g/mol. The summed E-state index contributed by atoms with van der Waals surface area (Å²) in [6.07, 6.45) is 11.8. The van der Waals surface area contributed by atoms with E-state index in [1.165, 1.54) is 41.9 Å². The molecule has 3 amide bonds. The van der Waals surface area contributed by atoms with Gasteiger partial charge in [0.05, 0.1) is 17.9 Å². The third kappa shape index (κ3) is 13.6. The highest BCUT2D eigenvalue weighted by atomic mass is 32.1. The number of carbonyl (C=O) groups is 4. The molecule has 0 aliphatic carbocycles. The Bertz CT molecular complexity index is 1840. The first-order valence-corrected chi connectivity index (χ1v) is 20.0. The van der Waals surface area contributed by atoms with Gasteiger partial charge in [0.2, 0.25) is 11.8 Å². The van der Waals surface area contributed by atoms with Crippen molar-refractivity contribution < 1.29 is 29.0 Å². The Morgan fingerprint density at radius 1 is 0.891 bits per heavy atom. The number of hydrogen-bond acceptors (Lipinski definition) is 8. The molecule has 0 saturated carbocycles. The number of ether oxygens (including phenoxy) is 1. The van der Waals surface area contributed by atoms with E-state index in [9.17, 15) is 19.2 Å². The maximum atomic E-state index is 12.9. The topological polar surface area (TPSA) is 165 Å².